The van der Waals surface area contributed by atoms with E-state index in [0.717, 1.165) is 24.5 Å². The van der Waals surface area contributed by atoms with E-state index in [4.69, 9.17) is 9.47 Å². The molecule has 0 saturated carbocycles. The number of methoxy groups -OCH3 is 1. The van der Waals surface area contributed by atoms with Crippen molar-refractivity contribution < 1.29 is 14.3 Å². The van der Waals surface area contributed by atoms with Crippen LogP contribution >= 0.6 is 0 Å². The summed E-state index contributed by atoms with van der Waals surface area (Å²) in [6.07, 6.45) is 8.91. The fourth-order valence-electron chi connectivity index (χ4n) is 2.86. The largest absolute Gasteiger partial charge is 0.497 e. The molecule has 0 unspecified atom stereocenters. The van der Waals surface area contributed by atoms with Gasteiger partial charge in [-0.1, -0.05) is 45.4 Å². The first-order valence-electron chi connectivity index (χ1n) is 9.66. The molecule has 140 valence electrons. The molecule has 0 bridgehead atoms. The number of hydrogen-bond acceptors (Lipinski definition) is 3. The number of carbonyl (C=O) groups is 1. The summed E-state index contributed by atoms with van der Waals surface area (Å²) < 4.78 is 10.9. The minimum atomic E-state index is 0.00582. The van der Waals surface area contributed by atoms with Crippen LogP contribution in [0.15, 0.2) is 48.5 Å². The number of carbonyl (C=O) groups excluding carboxylic acids is 1. The number of ether oxygens (including phenoxy) is 2. The lowest BCUT2D eigenvalue weighted by Gasteiger charge is -2.07. The summed E-state index contributed by atoms with van der Waals surface area (Å²) in [6, 6.07) is 14.6. The van der Waals surface area contributed by atoms with E-state index in [1.165, 1.54) is 38.5 Å². The van der Waals surface area contributed by atoms with Crippen molar-refractivity contribution in [2.45, 2.75) is 51.9 Å². The molecule has 0 aliphatic heterocycles. The van der Waals surface area contributed by atoms with Crippen LogP contribution in [0.4, 0.5) is 0 Å². The molecule has 0 radical (unpaired) electrons. The Morgan fingerprint density at radius 3 is 1.77 bits per heavy atom. The summed E-state index contributed by atoms with van der Waals surface area (Å²) in [5, 5.41) is 0. The number of ketones is 1. The molecule has 26 heavy (non-hydrogen) atoms. The second kappa shape index (κ2) is 11.3. The van der Waals surface area contributed by atoms with Gasteiger partial charge in [-0.2, -0.15) is 0 Å². The third-order valence-corrected chi connectivity index (χ3v) is 4.49. The maximum atomic E-state index is 12.5. The van der Waals surface area contributed by atoms with E-state index in [2.05, 4.69) is 6.92 Å². The van der Waals surface area contributed by atoms with Gasteiger partial charge in [0.25, 0.3) is 0 Å². The smallest absolute Gasteiger partial charge is 0.193 e. The third-order valence-electron chi connectivity index (χ3n) is 4.49. The van der Waals surface area contributed by atoms with Gasteiger partial charge in [-0.3, -0.25) is 4.79 Å². The van der Waals surface area contributed by atoms with Crippen molar-refractivity contribution in [3.63, 3.8) is 0 Å². The molecular formula is C23H30O3. The van der Waals surface area contributed by atoms with E-state index in [-0.39, 0.29) is 5.78 Å². The second-order valence-corrected chi connectivity index (χ2v) is 6.55. The van der Waals surface area contributed by atoms with Gasteiger partial charge in [0.2, 0.25) is 0 Å². The van der Waals surface area contributed by atoms with Crippen LogP contribution in [0.2, 0.25) is 0 Å². The average Bonchev–Trinajstić information content (AvgIpc) is 2.70. The Morgan fingerprint density at radius 2 is 1.23 bits per heavy atom. The van der Waals surface area contributed by atoms with Gasteiger partial charge >= 0.3 is 0 Å². The molecule has 0 saturated heterocycles. The minimum absolute atomic E-state index is 0.00582. The molecule has 2 aromatic rings. The normalized spacial score (nSPS) is 10.5. The third kappa shape index (κ3) is 6.55. The van der Waals surface area contributed by atoms with Crippen molar-refractivity contribution in [2.75, 3.05) is 13.7 Å². The van der Waals surface area contributed by atoms with E-state index in [1.807, 2.05) is 24.3 Å². The molecule has 0 atom stereocenters. The molecule has 0 aliphatic carbocycles. The van der Waals surface area contributed by atoms with Gasteiger partial charge in [0, 0.05) is 11.1 Å². The van der Waals surface area contributed by atoms with E-state index < -0.39 is 0 Å². The highest BCUT2D eigenvalue weighted by Gasteiger charge is 2.09. The lowest BCUT2D eigenvalue weighted by atomic mass is 10.0. The molecule has 2 aromatic carbocycles. The number of hydrogen-bond donors (Lipinski definition) is 0. The van der Waals surface area contributed by atoms with E-state index >= 15 is 0 Å². The highest BCUT2D eigenvalue weighted by Crippen LogP contribution is 2.18. The van der Waals surface area contributed by atoms with Crippen LogP contribution in [0.1, 0.15) is 67.8 Å². The molecular weight excluding hydrogens is 324 g/mol. The zero-order valence-corrected chi connectivity index (χ0v) is 16.0. The number of benzene rings is 2. The van der Waals surface area contributed by atoms with Crippen molar-refractivity contribution in [1.29, 1.82) is 0 Å². The van der Waals surface area contributed by atoms with Crippen molar-refractivity contribution in [3.05, 3.63) is 59.7 Å². The molecule has 0 amide bonds. The second-order valence-electron chi connectivity index (χ2n) is 6.55. The van der Waals surface area contributed by atoms with Crippen molar-refractivity contribution in [1.82, 2.24) is 0 Å². The van der Waals surface area contributed by atoms with Crippen LogP contribution in [0.3, 0.4) is 0 Å². The lowest BCUT2D eigenvalue weighted by Crippen LogP contribution is -2.02. The van der Waals surface area contributed by atoms with Gasteiger partial charge in [-0.05, 0) is 55.0 Å². The number of rotatable bonds is 12. The van der Waals surface area contributed by atoms with Crippen LogP contribution in [-0.4, -0.2) is 19.5 Å². The molecule has 3 nitrogen and oxygen atoms in total. The predicted octanol–water partition coefficient (Wildman–Crippen LogP) is 6.06. The summed E-state index contributed by atoms with van der Waals surface area (Å²) in [7, 11) is 1.61. The van der Waals surface area contributed by atoms with Crippen LogP contribution in [0, 0.1) is 0 Å². The van der Waals surface area contributed by atoms with Gasteiger partial charge < -0.3 is 9.47 Å². The fraction of sp³-hybridized carbons (Fsp3) is 0.435. The highest BCUT2D eigenvalue weighted by atomic mass is 16.5. The standard InChI is InChI=1S/C23H30O3/c1-3-4-5-6-7-8-9-18-26-22-16-12-20(13-17-22)23(24)19-10-14-21(25-2)15-11-19/h10-17H,3-9,18H2,1-2H3. The molecule has 2 rings (SSSR count). The number of unbranched alkanes of at least 4 members (excludes halogenated alkanes) is 6. The van der Waals surface area contributed by atoms with Crippen LogP contribution < -0.4 is 9.47 Å². The zero-order valence-electron chi connectivity index (χ0n) is 16.0. The fourth-order valence-corrected chi connectivity index (χ4v) is 2.86. The Balaban J connectivity index is 1.74. The van der Waals surface area contributed by atoms with Gasteiger partial charge in [0.05, 0.1) is 13.7 Å². The topological polar surface area (TPSA) is 35.5 Å². The quantitative estimate of drug-likeness (QED) is 0.343. The molecule has 0 fully saturated rings. The molecule has 3 heteroatoms. The maximum absolute atomic E-state index is 12.5. The van der Waals surface area contributed by atoms with Gasteiger partial charge in [0.15, 0.2) is 5.78 Å². The molecule has 0 aliphatic rings. The molecule has 0 N–H and O–H groups in total. The Hall–Kier alpha value is -2.29. The van der Waals surface area contributed by atoms with Crippen LogP contribution in [0.25, 0.3) is 0 Å². The lowest BCUT2D eigenvalue weighted by molar-refractivity contribution is 0.103. The summed E-state index contributed by atoms with van der Waals surface area (Å²) in [5.41, 5.74) is 1.32. The summed E-state index contributed by atoms with van der Waals surface area (Å²) in [4.78, 5) is 12.5. The van der Waals surface area contributed by atoms with Crippen LogP contribution in [-0.2, 0) is 0 Å². The van der Waals surface area contributed by atoms with Crippen molar-refractivity contribution >= 4 is 5.78 Å². The first kappa shape index (κ1) is 20.0. The predicted molar refractivity (Wildman–Crippen MR) is 106 cm³/mol. The van der Waals surface area contributed by atoms with E-state index in [9.17, 15) is 4.79 Å². The Bertz CT molecular complexity index is 644. The summed E-state index contributed by atoms with van der Waals surface area (Å²) in [6.45, 7) is 2.98. The van der Waals surface area contributed by atoms with E-state index in [0.29, 0.717) is 11.1 Å². The Morgan fingerprint density at radius 1 is 0.731 bits per heavy atom. The molecule has 0 heterocycles. The van der Waals surface area contributed by atoms with Gasteiger partial charge in [0.1, 0.15) is 11.5 Å². The first-order valence-corrected chi connectivity index (χ1v) is 9.66. The monoisotopic (exact) mass is 354 g/mol. The first-order chi connectivity index (χ1) is 12.7. The molecule has 0 spiro atoms. The zero-order chi connectivity index (χ0) is 18.6. The van der Waals surface area contributed by atoms with Crippen molar-refractivity contribution in [3.8, 4) is 11.5 Å². The van der Waals surface area contributed by atoms with Crippen LogP contribution in [0.5, 0.6) is 11.5 Å². The minimum Gasteiger partial charge on any atom is -0.497 e. The van der Waals surface area contributed by atoms with E-state index in [1.54, 1.807) is 31.4 Å². The summed E-state index contributed by atoms with van der Waals surface area (Å²) >= 11 is 0. The Labute approximate surface area is 157 Å². The Kier molecular flexibility index (Phi) is 8.74. The van der Waals surface area contributed by atoms with Gasteiger partial charge in [-0.25, -0.2) is 0 Å². The summed E-state index contributed by atoms with van der Waals surface area (Å²) in [5.74, 6) is 1.57. The molecule has 0 aromatic heterocycles. The average molecular weight is 354 g/mol. The van der Waals surface area contributed by atoms with Crippen molar-refractivity contribution in [2.24, 2.45) is 0 Å². The maximum Gasteiger partial charge on any atom is 0.193 e. The highest BCUT2D eigenvalue weighted by molar-refractivity contribution is 6.09. The SMILES string of the molecule is CCCCCCCCCOc1ccc(C(=O)c2ccc(OC)cc2)cc1. The van der Waals surface area contributed by atoms with Gasteiger partial charge in [-0.15, -0.1) is 0 Å².